The molecule has 0 spiro atoms. The number of carbonyl (C=O) groups excluding carboxylic acids is 2. The fraction of sp³-hybridized carbons (Fsp3) is 0.333. The molecule has 0 fully saturated rings. The first-order valence-corrected chi connectivity index (χ1v) is 6.73. The summed E-state index contributed by atoms with van der Waals surface area (Å²) in [6.07, 6.45) is 0. The molecule has 0 saturated heterocycles. The quantitative estimate of drug-likeness (QED) is 0.826. The summed E-state index contributed by atoms with van der Waals surface area (Å²) >= 11 is 0. The van der Waals surface area contributed by atoms with Crippen molar-refractivity contribution in [2.75, 3.05) is 19.8 Å². The van der Waals surface area contributed by atoms with E-state index in [4.69, 9.17) is 14.2 Å². The van der Waals surface area contributed by atoms with Gasteiger partial charge in [0.05, 0.1) is 13.2 Å². The van der Waals surface area contributed by atoms with Gasteiger partial charge in [0.1, 0.15) is 0 Å². The highest BCUT2D eigenvalue weighted by atomic mass is 16.6. The zero-order valence-corrected chi connectivity index (χ0v) is 12.0. The summed E-state index contributed by atoms with van der Waals surface area (Å²) in [6, 6.07) is 7.27. The summed E-state index contributed by atoms with van der Waals surface area (Å²) in [5.41, 5.74) is 0.932. The van der Waals surface area contributed by atoms with Crippen molar-refractivity contribution in [1.29, 1.82) is 0 Å². The van der Waals surface area contributed by atoms with E-state index in [0.29, 0.717) is 11.1 Å². The lowest BCUT2D eigenvalue weighted by Crippen LogP contribution is -2.16. The number of esters is 2. The van der Waals surface area contributed by atoms with Crippen molar-refractivity contribution < 1.29 is 23.8 Å². The van der Waals surface area contributed by atoms with Crippen LogP contribution >= 0.6 is 0 Å². The van der Waals surface area contributed by atoms with E-state index in [1.165, 1.54) is 0 Å². The summed E-state index contributed by atoms with van der Waals surface area (Å²) in [7, 11) is 0. The first kappa shape index (κ1) is 14.9. The van der Waals surface area contributed by atoms with Gasteiger partial charge in [-0.05, 0) is 26.0 Å². The maximum atomic E-state index is 12.0. The number of rotatable bonds is 6. The van der Waals surface area contributed by atoms with Gasteiger partial charge in [-0.3, -0.25) is 0 Å². The molecule has 1 heterocycles. The van der Waals surface area contributed by atoms with E-state index in [1.54, 1.807) is 19.9 Å². The van der Waals surface area contributed by atoms with Crippen LogP contribution in [0.2, 0.25) is 0 Å². The predicted octanol–water partition coefficient (Wildman–Crippen LogP) is 2.29. The Morgan fingerprint density at radius 1 is 1.10 bits per heavy atom. The SMILES string of the molecule is CCOC(=O)COc1c(C(=O)OCC)[nH]c2ccccc12. The molecule has 0 unspecified atom stereocenters. The minimum absolute atomic E-state index is 0.197. The van der Waals surface area contributed by atoms with E-state index in [1.807, 2.05) is 18.2 Å². The lowest BCUT2D eigenvalue weighted by molar-refractivity contribution is -0.145. The Bertz CT molecular complexity index is 647. The number of hydrogen-bond donors (Lipinski definition) is 1. The maximum absolute atomic E-state index is 12.0. The second-order valence-electron chi connectivity index (χ2n) is 4.19. The normalized spacial score (nSPS) is 10.4. The zero-order valence-electron chi connectivity index (χ0n) is 12.0. The van der Waals surface area contributed by atoms with Crippen molar-refractivity contribution in [3.8, 4) is 5.75 Å². The van der Waals surface area contributed by atoms with Crippen LogP contribution in [0.25, 0.3) is 10.9 Å². The number of nitrogens with one attached hydrogen (secondary N) is 1. The van der Waals surface area contributed by atoms with Gasteiger partial charge in [-0.15, -0.1) is 0 Å². The van der Waals surface area contributed by atoms with Crippen molar-refractivity contribution in [1.82, 2.24) is 4.98 Å². The van der Waals surface area contributed by atoms with Gasteiger partial charge in [-0.25, -0.2) is 9.59 Å². The number of H-pyrrole nitrogens is 1. The maximum Gasteiger partial charge on any atom is 0.358 e. The molecule has 0 aliphatic heterocycles. The second kappa shape index (κ2) is 6.78. The van der Waals surface area contributed by atoms with Crippen LogP contribution in [-0.2, 0) is 14.3 Å². The molecular weight excluding hydrogens is 274 g/mol. The largest absolute Gasteiger partial charge is 0.479 e. The molecule has 0 aliphatic rings. The molecule has 112 valence electrons. The van der Waals surface area contributed by atoms with Crippen LogP contribution in [0.15, 0.2) is 24.3 Å². The molecule has 1 aromatic carbocycles. The number of para-hydroxylation sites is 1. The van der Waals surface area contributed by atoms with Crippen LogP contribution in [0.1, 0.15) is 24.3 Å². The molecule has 2 aromatic rings. The molecule has 6 heteroatoms. The summed E-state index contributed by atoms with van der Waals surface area (Å²) in [5, 5.41) is 0.713. The first-order valence-electron chi connectivity index (χ1n) is 6.73. The van der Waals surface area contributed by atoms with Crippen molar-refractivity contribution in [3.63, 3.8) is 0 Å². The number of benzene rings is 1. The van der Waals surface area contributed by atoms with E-state index < -0.39 is 11.9 Å². The minimum atomic E-state index is -0.521. The van der Waals surface area contributed by atoms with Crippen LogP contribution in [0.4, 0.5) is 0 Å². The smallest absolute Gasteiger partial charge is 0.358 e. The Labute approximate surface area is 122 Å². The Kier molecular flexibility index (Phi) is 4.81. The molecule has 2 rings (SSSR count). The van der Waals surface area contributed by atoms with Crippen LogP contribution in [0.3, 0.4) is 0 Å². The monoisotopic (exact) mass is 291 g/mol. The lowest BCUT2D eigenvalue weighted by atomic mass is 10.2. The molecule has 0 saturated carbocycles. The van der Waals surface area contributed by atoms with Gasteiger partial charge in [-0.1, -0.05) is 12.1 Å². The van der Waals surface area contributed by atoms with E-state index in [0.717, 1.165) is 5.52 Å². The number of fused-ring (bicyclic) bond motifs is 1. The van der Waals surface area contributed by atoms with Crippen LogP contribution in [0.5, 0.6) is 5.75 Å². The van der Waals surface area contributed by atoms with Crippen molar-refractivity contribution in [3.05, 3.63) is 30.0 Å². The Morgan fingerprint density at radius 2 is 1.81 bits per heavy atom. The average Bonchev–Trinajstić information content (AvgIpc) is 2.84. The zero-order chi connectivity index (χ0) is 15.2. The molecule has 0 bridgehead atoms. The fourth-order valence-corrected chi connectivity index (χ4v) is 1.95. The van der Waals surface area contributed by atoms with E-state index in [2.05, 4.69) is 4.98 Å². The fourth-order valence-electron chi connectivity index (χ4n) is 1.95. The third kappa shape index (κ3) is 3.34. The van der Waals surface area contributed by atoms with Gasteiger partial charge in [0.25, 0.3) is 0 Å². The van der Waals surface area contributed by atoms with Crippen molar-refractivity contribution >= 4 is 22.8 Å². The summed E-state index contributed by atoms with van der Waals surface area (Å²) in [5.74, 6) is -0.706. The molecule has 21 heavy (non-hydrogen) atoms. The van der Waals surface area contributed by atoms with Gasteiger partial charge >= 0.3 is 11.9 Å². The van der Waals surface area contributed by atoms with Crippen LogP contribution in [0, 0.1) is 0 Å². The van der Waals surface area contributed by atoms with Crippen molar-refractivity contribution in [2.45, 2.75) is 13.8 Å². The van der Waals surface area contributed by atoms with Gasteiger partial charge in [0.15, 0.2) is 18.1 Å². The molecule has 1 N–H and O–H groups in total. The average molecular weight is 291 g/mol. The molecule has 0 atom stereocenters. The first-order chi connectivity index (χ1) is 10.2. The van der Waals surface area contributed by atoms with Gasteiger partial charge in [0.2, 0.25) is 0 Å². The third-order valence-corrected chi connectivity index (χ3v) is 2.78. The molecule has 1 aromatic heterocycles. The van der Waals surface area contributed by atoms with Crippen LogP contribution in [-0.4, -0.2) is 36.7 Å². The predicted molar refractivity (Wildman–Crippen MR) is 76.4 cm³/mol. The molecule has 0 radical (unpaired) electrons. The highest BCUT2D eigenvalue weighted by Crippen LogP contribution is 2.30. The van der Waals surface area contributed by atoms with Gasteiger partial charge < -0.3 is 19.2 Å². The van der Waals surface area contributed by atoms with Crippen molar-refractivity contribution in [2.24, 2.45) is 0 Å². The summed E-state index contributed by atoms with van der Waals surface area (Å²) in [6.45, 7) is 3.71. The number of ether oxygens (including phenoxy) is 3. The van der Waals surface area contributed by atoms with E-state index >= 15 is 0 Å². The van der Waals surface area contributed by atoms with E-state index in [9.17, 15) is 9.59 Å². The molecule has 6 nitrogen and oxygen atoms in total. The Hall–Kier alpha value is -2.50. The van der Waals surface area contributed by atoms with Gasteiger partial charge in [0, 0.05) is 10.9 Å². The molecule has 0 aliphatic carbocycles. The topological polar surface area (TPSA) is 77.6 Å². The number of hydrogen-bond acceptors (Lipinski definition) is 5. The minimum Gasteiger partial charge on any atom is -0.479 e. The Morgan fingerprint density at radius 3 is 2.52 bits per heavy atom. The van der Waals surface area contributed by atoms with E-state index in [-0.39, 0.29) is 25.5 Å². The standard InChI is InChI=1S/C15H17NO5/c1-3-19-12(17)9-21-14-10-7-5-6-8-11(10)16-13(14)15(18)20-4-2/h5-8,16H,3-4,9H2,1-2H3. The Balaban J connectivity index is 2.31. The third-order valence-electron chi connectivity index (χ3n) is 2.78. The van der Waals surface area contributed by atoms with Crippen LogP contribution < -0.4 is 4.74 Å². The highest BCUT2D eigenvalue weighted by Gasteiger charge is 2.21. The summed E-state index contributed by atoms with van der Waals surface area (Å²) < 4.78 is 15.3. The highest BCUT2D eigenvalue weighted by molar-refractivity contribution is 6.01. The number of aromatic amines is 1. The van der Waals surface area contributed by atoms with Gasteiger partial charge in [-0.2, -0.15) is 0 Å². The lowest BCUT2D eigenvalue weighted by Gasteiger charge is -2.07. The summed E-state index contributed by atoms with van der Waals surface area (Å²) in [4.78, 5) is 26.3. The molecule has 0 amide bonds. The number of aromatic nitrogens is 1. The molecular formula is C15H17NO5. The second-order valence-corrected chi connectivity index (χ2v) is 4.19. The number of carbonyl (C=O) groups is 2.